The molecule has 0 heterocycles. The van der Waals surface area contributed by atoms with Crippen molar-refractivity contribution in [2.45, 2.75) is 18.2 Å². The summed E-state index contributed by atoms with van der Waals surface area (Å²) < 4.78 is 27.8. The second kappa shape index (κ2) is 10.2. The van der Waals surface area contributed by atoms with Crippen LogP contribution in [0.15, 0.2) is 77.7 Å². The van der Waals surface area contributed by atoms with E-state index in [0.29, 0.717) is 28.7 Å². The summed E-state index contributed by atoms with van der Waals surface area (Å²) in [7, 11) is -3.97. The van der Waals surface area contributed by atoms with E-state index < -0.39 is 15.9 Å². The average Bonchev–Trinajstić information content (AvgIpc) is 2.74. The van der Waals surface area contributed by atoms with Gasteiger partial charge in [-0.2, -0.15) is 0 Å². The number of para-hydroxylation sites is 1. The molecule has 1 amide bonds. The fourth-order valence-electron chi connectivity index (χ4n) is 3.06. The lowest BCUT2D eigenvalue weighted by Gasteiger charge is -2.25. The van der Waals surface area contributed by atoms with Gasteiger partial charge in [-0.25, -0.2) is 8.42 Å². The highest BCUT2D eigenvalue weighted by Crippen LogP contribution is 2.27. The molecule has 0 radical (unpaired) electrons. The Bertz CT molecular complexity index is 1150. The minimum absolute atomic E-state index is 0.0640. The zero-order valence-corrected chi connectivity index (χ0v) is 19.2. The Hall–Kier alpha value is -2.54. The maximum atomic E-state index is 13.3. The topological polar surface area (TPSA) is 66.5 Å². The van der Waals surface area contributed by atoms with Crippen LogP contribution in [0.3, 0.4) is 0 Å². The predicted octanol–water partition coefficient (Wildman–Crippen LogP) is 4.86. The molecule has 3 aromatic carbocycles. The number of halogens is 2. The molecule has 0 aliphatic heterocycles. The lowest BCUT2D eigenvalue weighted by Crippen LogP contribution is -2.41. The van der Waals surface area contributed by atoms with Crippen LogP contribution in [0.25, 0.3) is 0 Å². The van der Waals surface area contributed by atoms with Crippen molar-refractivity contribution in [3.8, 4) is 0 Å². The highest BCUT2D eigenvalue weighted by atomic mass is 35.5. The first-order valence-electron chi connectivity index (χ1n) is 9.62. The molecular formula is C23H22Cl2N2O3S. The molecule has 1 N–H and O–H groups in total. The first-order chi connectivity index (χ1) is 14.8. The summed E-state index contributed by atoms with van der Waals surface area (Å²) in [6.45, 7) is 1.84. The molecule has 0 aromatic heterocycles. The molecule has 3 aromatic rings. The maximum Gasteiger partial charge on any atom is 0.264 e. The SMILES string of the molecule is Cc1ccccc1N(CC(=O)NCCc1ccc(Cl)cc1)S(=O)(=O)c1ccc(Cl)cc1. The van der Waals surface area contributed by atoms with Gasteiger partial charge in [0.25, 0.3) is 10.0 Å². The van der Waals surface area contributed by atoms with Crippen molar-refractivity contribution in [2.75, 3.05) is 17.4 Å². The smallest absolute Gasteiger partial charge is 0.264 e. The molecule has 0 spiro atoms. The van der Waals surface area contributed by atoms with Gasteiger partial charge in [0.15, 0.2) is 0 Å². The van der Waals surface area contributed by atoms with Crippen LogP contribution in [0.4, 0.5) is 5.69 Å². The van der Waals surface area contributed by atoms with Crippen LogP contribution in [0, 0.1) is 6.92 Å². The summed E-state index contributed by atoms with van der Waals surface area (Å²) in [4.78, 5) is 12.7. The standard InChI is InChI=1S/C23H22Cl2N2O3S/c1-17-4-2-3-5-22(17)27(31(29,30)21-12-10-20(25)11-13-21)16-23(28)26-15-14-18-6-8-19(24)9-7-18/h2-13H,14-16H2,1H3,(H,26,28). The molecule has 162 valence electrons. The van der Waals surface area contributed by atoms with Gasteiger partial charge in [0.1, 0.15) is 6.54 Å². The van der Waals surface area contributed by atoms with E-state index in [1.54, 1.807) is 37.3 Å². The number of hydrogen-bond acceptors (Lipinski definition) is 3. The number of hydrogen-bond donors (Lipinski definition) is 1. The molecule has 0 unspecified atom stereocenters. The van der Waals surface area contributed by atoms with Crippen LogP contribution in [-0.2, 0) is 21.2 Å². The number of aryl methyl sites for hydroxylation is 1. The monoisotopic (exact) mass is 476 g/mol. The van der Waals surface area contributed by atoms with Crippen LogP contribution in [0.2, 0.25) is 10.0 Å². The minimum Gasteiger partial charge on any atom is -0.354 e. The van der Waals surface area contributed by atoms with Gasteiger partial charge in [-0.05, 0) is 66.9 Å². The van der Waals surface area contributed by atoms with Crippen molar-refractivity contribution in [1.82, 2.24) is 5.32 Å². The van der Waals surface area contributed by atoms with Crippen molar-refractivity contribution in [3.63, 3.8) is 0 Å². The number of sulfonamides is 1. The van der Waals surface area contributed by atoms with E-state index in [0.717, 1.165) is 15.4 Å². The van der Waals surface area contributed by atoms with E-state index >= 15 is 0 Å². The van der Waals surface area contributed by atoms with Crippen molar-refractivity contribution in [1.29, 1.82) is 0 Å². The van der Waals surface area contributed by atoms with Gasteiger partial charge < -0.3 is 5.32 Å². The largest absolute Gasteiger partial charge is 0.354 e. The zero-order valence-electron chi connectivity index (χ0n) is 16.9. The van der Waals surface area contributed by atoms with E-state index in [1.165, 1.54) is 24.3 Å². The molecule has 31 heavy (non-hydrogen) atoms. The number of carbonyl (C=O) groups excluding carboxylic acids is 1. The van der Waals surface area contributed by atoms with Crippen molar-refractivity contribution < 1.29 is 13.2 Å². The Balaban J connectivity index is 1.78. The fourth-order valence-corrected chi connectivity index (χ4v) is 4.80. The Morgan fingerprint density at radius 1 is 0.903 bits per heavy atom. The van der Waals surface area contributed by atoms with Crippen molar-refractivity contribution in [3.05, 3.63) is 94.0 Å². The first-order valence-corrected chi connectivity index (χ1v) is 11.8. The number of nitrogens with zero attached hydrogens (tertiary/aromatic N) is 1. The van der Waals surface area contributed by atoms with Gasteiger partial charge >= 0.3 is 0 Å². The van der Waals surface area contributed by atoms with E-state index in [-0.39, 0.29) is 11.4 Å². The molecule has 3 rings (SSSR count). The van der Waals surface area contributed by atoms with Gasteiger partial charge in [-0.3, -0.25) is 9.10 Å². The number of carbonyl (C=O) groups is 1. The second-order valence-corrected chi connectivity index (χ2v) is 9.71. The van der Waals surface area contributed by atoms with Crippen LogP contribution in [0.5, 0.6) is 0 Å². The van der Waals surface area contributed by atoms with Gasteiger partial charge in [0.05, 0.1) is 10.6 Å². The number of benzene rings is 3. The predicted molar refractivity (Wildman–Crippen MR) is 125 cm³/mol. The van der Waals surface area contributed by atoms with Crippen molar-refractivity contribution >= 4 is 44.8 Å². The third-order valence-electron chi connectivity index (χ3n) is 4.72. The normalized spacial score (nSPS) is 11.2. The number of nitrogens with one attached hydrogen (secondary N) is 1. The van der Waals surface area contributed by atoms with E-state index in [1.807, 2.05) is 18.2 Å². The number of rotatable bonds is 8. The molecule has 0 atom stereocenters. The summed E-state index contributed by atoms with van der Waals surface area (Å²) in [6, 6.07) is 20.3. The molecule has 0 saturated carbocycles. The molecule has 0 fully saturated rings. The summed E-state index contributed by atoms with van der Waals surface area (Å²) in [5, 5.41) is 3.88. The molecule has 0 saturated heterocycles. The van der Waals surface area contributed by atoms with Crippen LogP contribution in [0.1, 0.15) is 11.1 Å². The second-order valence-electron chi connectivity index (χ2n) is 6.98. The summed E-state index contributed by atoms with van der Waals surface area (Å²) in [6.07, 6.45) is 0.608. The fraction of sp³-hybridized carbons (Fsp3) is 0.174. The number of anilines is 1. The number of amides is 1. The van der Waals surface area contributed by atoms with Gasteiger partial charge in [-0.1, -0.05) is 53.5 Å². The van der Waals surface area contributed by atoms with Crippen LogP contribution in [-0.4, -0.2) is 27.4 Å². The average molecular weight is 477 g/mol. The minimum atomic E-state index is -3.97. The Labute approximate surface area is 192 Å². The lowest BCUT2D eigenvalue weighted by atomic mass is 10.1. The Morgan fingerprint density at radius 3 is 2.10 bits per heavy atom. The van der Waals surface area contributed by atoms with E-state index in [4.69, 9.17) is 23.2 Å². The van der Waals surface area contributed by atoms with Crippen LogP contribution < -0.4 is 9.62 Å². The van der Waals surface area contributed by atoms with E-state index in [9.17, 15) is 13.2 Å². The first kappa shape index (κ1) is 23.1. The Kier molecular flexibility index (Phi) is 7.59. The summed E-state index contributed by atoms with van der Waals surface area (Å²) in [5.41, 5.74) is 2.22. The molecule has 0 aliphatic rings. The highest BCUT2D eigenvalue weighted by Gasteiger charge is 2.28. The maximum absolute atomic E-state index is 13.3. The van der Waals surface area contributed by atoms with Crippen molar-refractivity contribution in [2.24, 2.45) is 0 Å². The third kappa shape index (κ3) is 6.00. The molecular weight excluding hydrogens is 455 g/mol. The summed E-state index contributed by atoms with van der Waals surface area (Å²) in [5.74, 6) is -0.394. The molecule has 0 bridgehead atoms. The van der Waals surface area contributed by atoms with Gasteiger partial charge in [0, 0.05) is 16.6 Å². The van der Waals surface area contributed by atoms with Gasteiger partial charge in [0.2, 0.25) is 5.91 Å². The zero-order chi connectivity index (χ0) is 22.4. The lowest BCUT2D eigenvalue weighted by molar-refractivity contribution is -0.119. The molecule has 5 nitrogen and oxygen atoms in total. The highest BCUT2D eigenvalue weighted by molar-refractivity contribution is 7.92. The van der Waals surface area contributed by atoms with E-state index in [2.05, 4.69) is 5.32 Å². The van der Waals surface area contributed by atoms with Crippen LogP contribution >= 0.6 is 23.2 Å². The Morgan fingerprint density at radius 2 is 1.48 bits per heavy atom. The quantitative estimate of drug-likeness (QED) is 0.504. The van der Waals surface area contributed by atoms with Gasteiger partial charge in [-0.15, -0.1) is 0 Å². The molecule has 0 aliphatic carbocycles. The third-order valence-corrected chi connectivity index (χ3v) is 7.00. The summed E-state index contributed by atoms with van der Waals surface area (Å²) >= 11 is 11.8. The molecule has 8 heteroatoms.